The third kappa shape index (κ3) is 6.20. The molecule has 7 nitrogen and oxygen atoms in total. The summed E-state index contributed by atoms with van der Waals surface area (Å²) in [6, 6.07) is 32.7. The summed E-state index contributed by atoms with van der Waals surface area (Å²) < 4.78 is 2.08. The molecule has 45 heavy (non-hydrogen) atoms. The van der Waals surface area contributed by atoms with E-state index >= 15 is 0 Å². The van der Waals surface area contributed by atoms with Gasteiger partial charge < -0.3 is 25.2 Å². The molecule has 1 aromatic heterocycles. The van der Waals surface area contributed by atoms with Gasteiger partial charge in [-0.25, -0.2) is 4.79 Å². The van der Waals surface area contributed by atoms with Gasteiger partial charge in [0.05, 0.1) is 5.69 Å². The van der Waals surface area contributed by atoms with Crippen LogP contribution in [0, 0.1) is 6.92 Å². The van der Waals surface area contributed by atoms with Crippen LogP contribution in [-0.2, 0) is 26.4 Å². The Morgan fingerprint density at radius 3 is 2.33 bits per heavy atom. The molecule has 2 heterocycles. The molecular weight excluding hydrogens is 560 g/mol. The van der Waals surface area contributed by atoms with E-state index in [1.165, 1.54) is 11.1 Å². The number of nitrogens with zero attached hydrogens (tertiary/aromatic N) is 2. The Kier molecular flexibility index (Phi) is 8.43. The number of aromatic nitrogens is 1. The maximum atomic E-state index is 14.4. The number of hydrogen-bond acceptors (Lipinski definition) is 3. The second-order valence-corrected chi connectivity index (χ2v) is 11.8. The number of anilines is 1. The number of carbonyl (C=O) groups excluding carboxylic acids is 2. The molecule has 0 spiro atoms. The van der Waals surface area contributed by atoms with E-state index in [0.29, 0.717) is 30.6 Å². The molecule has 0 fully saturated rings. The molecule has 1 aliphatic heterocycles. The maximum absolute atomic E-state index is 14.4. The first kappa shape index (κ1) is 29.8. The molecule has 0 bridgehead atoms. The van der Waals surface area contributed by atoms with Gasteiger partial charge in [0, 0.05) is 59.8 Å². The van der Waals surface area contributed by atoms with E-state index in [1.807, 2.05) is 79.5 Å². The lowest BCUT2D eigenvalue weighted by molar-refractivity contribution is 0.0659. The normalized spacial score (nSPS) is 14.1. The quantitative estimate of drug-likeness (QED) is 0.183. The summed E-state index contributed by atoms with van der Waals surface area (Å²) in [6.07, 6.45) is 1.38. The van der Waals surface area contributed by atoms with Crippen molar-refractivity contribution < 1.29 is 14.7 Å². The van der Waals surface area contributed by atoms with E-state index < -0.39 is 0 Å². The number of benzene rings is 4. The van der Waals surface area contributed by atoms with Crippen LogP contribution in [0.15, 0.2) is 103 Å². The summed E-state index contributed by atoms with van der Waals surface area (Å²) in [5.74, 6) is 0.157. The number of urea groups is 1. The average Bonchev–Trinajstić information content (AvgIpc) is 3.34. The highest BCUT2D eigenvalue weighted by Crippen LogP contribution is 2.41. The van der Waals surface area contributed by atoms with Crippen molar-refractivity contribution in [2.45, 2.75) is 39.3 Å². The predicted octanol–water partition coefficient (Wildman–Crippen LogP) is 7.32. The minimum absolute atomic E-state index is 0.0268. The molecule has 0 radical (unpaired) electrons. The van der Waals surface area contributed by atoms with Crippen LogP contribution in [0.5, 0.6) is 5.75 Å². The van der Waals surface area contributed by atoms with Crippen molar-refractivity contribution >= 4 is 17.6 Å². The first-order valence-electron chi connectivity index (χ1n) is 15.4. The van der Waals surface area contributed by atoms with E-state index in [0.717, 1.165) is 40.2 Å². The van der Waals surface area contributed by atoms with Gasteiger partial charge in [-0.1, -0.05) is 66.7 Å². The van der Waals surface area contributed by atoms with Crippen LogP contribution in [0.1, 0.15) is 39.7 Å². The summed E-state index contributed by atoms with van der Waals surface area (Å²) in [7, 11) is 1.99. The van der Waals surface area contributed by atoms with E-state index in [2.05, 4.69) is 52.5 Å². The lowest BCUT2D eigenvalue weighted by atomic mass is 9.91. The molecule has 0 aliphatic carbocycles. The van der Waals surface area contributed by atoms with Gasteiger partial charge in [0.1, 0.15) is 5.75 Å². The maximum Gasteiger partial charge on any atom is 0.319 e. The molecule has 0 saturated carbocycles. The Bertz CT molecular complexity index is 1860. The third-order valence-corrected chi connectivity index (χ3v) is 8.73. The highest BCUT2D eigenvalue weighted by Gasteiger charge is 2.30. The number of nitrogens with one attached hydrogen (secondary N) is 2. The number of fused-ring (bicyclic) bond motifs is 1. The summed E-state index contributed by atoms with van der Waals surface area (Å²) in [5.41, 5.74) is 9.01. The largest absolute Gasteiger partial charge is 0.507 e. The second-order valence-electron chi connectivity index (χ2n) is 11.8. The first-order valence-corrected chi connectivity index (χ1v) is 15.4. The molecular formula is C38H38N4O3. The number of carbonyl (C=O) groups is 2. The van der Waals surface area contributed by atoms with Gasteiger partial charge in [-0.3, -0.25) is 4.79 Å². The lowest BCUT2D eigenvalue weighted by Crippen LogP contribution is -2.42. The molecule has 0 unspecified atom stereocenters. The number of hydrogen-bond donors (Lipinski definition) is 3. The fraction of sp³-hybridized carbons (Fsp3) is 0.211. The highest BCUT2D eigenvalue weighted by atomic mass is 16.3. The molecule has 5 aromatic rings. The van der Waals surface area contributed by atoms with E-state index in [-0.39, 0.29) is 23.7 Å². The average molecular weight is 599 g/mol. The van der Waals surface area contributed by atoms with Gasteiger partial charge in [0.15, 0.2) is 0 Å². The molecule has 228 valence electrons. The van der Waals surface area contributed by atoms with Crippen LogP contribution in [0.25, 0.3) is 22.4 Å². The lowest BCUT2D eigenvalue weighted by Gasteiger charge is -2.35. The van der Waals surface area contributed by atoms with E-state index in [4.69, 9.17) is 0 Å². The van der Waals surface area contributed by atoms with Gasteiger partial charge >= 0.3 is 6.03 Å². The van der Waals surface area contributed by atoms with E-state index in [9.17, 15) is 14.7 Å². The van der Waals surface area contributed by atoms with Crippen molar-refractivity contribution in [2.24, 2.45) is 7.05 Å². The van der Waals surface area contributed by atoms with Crippen LogP contribution in [0.3, 0.4) is 0 Å². The Hall–Kier alpha value is -5.30. The molecule has 7 heteroatoms. The van der Waals surface area contributed by atoms with Crippen molar-refractivity contribution in [2.75, 3.05) is 11.9 Å². The number of amides is 3. The Morgan fingerprint density at radius 2 is 1.56 bits per heavy atom. The number of aromatic hydroxyl groups is 1. The summed E-state index contributed by atoms with van der Waals surface area (Å²) >= 11 is 0. The summed E-state index contributed by atoms with van der Waals surface area (Å²) in [5, 5.41) is 16.6. The van der Waals surface area contributed by atoms with E-state index in [1.54, 1.807) is 12.1 Å². The molecule has 1 atom stereocenters. The first-order chi connectivity index (χ1) is 21.8. The van der Waals surface area contributed by atoms with Crippen molar-refractivity contribution in [3.05, 3.63) is 131 Å². The zero-order chi connectivity index (χ0) is 31.5. The zero-order valence-corrected chi connectivity index (χ0v) is 25.9. The monoisotopic (exact) mass is 598 g/mol. The van der Waals surface area contributed by atoms with Crippen molar-refractivity contribution in [1.82, 2.24) is 14.8 Å². The van der Waals surface area contributed by atoms with Gasteiger partial charge in [-0.15, -0.1) is 0 Å². The fourth-order valence-electron chi connectivity index (χ4n) is 6.22. The number of rotatable bonds is 7. The number of phenols is 1. The van der Waals surface area contributed by atoms with Crippen LogP contribution in [0.2, 0.25) is 0 Å². The number of para-hydroxylation sites is 2. The van der Waals surface area contributed by atoms with Crippen LogP contribution in [0.4, 0.5) is 10.5 Å². The number of aryl methyl sites for hydroxylation is 1. The molecule has 3 amide bonds. The smallest absolute Gasteiger partial charge is 0.319 e. The zero-order valence-electron chi connectivity index (χ0n) is 25.9. The second kappa shape index (κ2) is 12.7. The van der Waals surface area contributed by atoms with Crippen LogP contribution in [-0.4, -0.2) is 39.1 Å². The molecule has 3 N–H and O–H groups in total. The van der Waals surface area contributed by atoms with Gasteiger partial charge in [0.2, 0.25) is 0 Å². The Morgan fingerprint density at radius 1 is 0.844 bits per heavy atom. The standard InChI is InChI=1S/C38H38N4O3/c1-25-22-33(31-15-9-10-16-35(31)43)36(41(25)3)34-23-27(19-20-39-38(45)40-30-13-5-4-6-14-30)17-18-32(34)37(44)42-24-29-12-8-7-11-28(29)21-26(42)2/h4-18,22-23,26,43H,19-21,24H2,1-3H3,(H2,39,40,45)/t26-/m1/s1. The van der Waals surface area contributed by atoms with Gasteiger partial charge in [-0.2, -0.15) is 0 Å². The van der Waals surface area contributed by atoms with Crippen LogP contribution >= 0.6 is 0 Å². The third-order valence-electron chi connectivity index (χ3n) is 8.73. The van der Waals surface area contributed by atoms with Gasteiger partial charge in [0.25, 0.3) is 5.91 Å². The molecule has 0 saturated heterocycles. The minimum atomic E-state index is -0.271. The molecule has 6 rings (SSSR count). The Labute approximate surface area is 264 Å². The number of phenolic OH excluding ortho intramolecular Hbond substituents is 1. The van der Waals surface area contributed by atoms with Gasteiger partial charge in [-0.05, 0) is 79.8 Å². The van der Waals surface area contributed by atoms with Crippen molar-refractivity contribution in [3.63, 3.8) is 0 Å². The predicted molar refractivity (Wildman–Crippen MR) is 179 cm³/mol. The molecule has 1 aliphatic rings. The topological polar surface area (TPSA) is 86.6 Å². The highest BCUT2D eigenvalue weighted by molar-refractivity contribution is 6.03. The van der Waals surface area contributed by atoms with Crippen LogP contribution < -0.4 is 10.6 Å². The van der Waals surface area contributed by atoms with Crippen molar-refractivity contribution in [3.8, 4) is 28.1 Å². The Balaban J connectivity index is 1.36. The summed E-state index contributed by atoms with van der Waals surface area (Å²) in [4.78, 5) is 28.9. The molecule has 4 aromatic carbocycles. The SMILES string of the molecule is Cc1cc(-c2ccccc2O)c(-c2cc(CCNC(=O)Nc3ccccc3)ccc2C(=O)N2Cc3ccccc3C[C@H]2C)n1C. The van der Waals surface area contributed by atoms with Crippen molar-refractivity contribution in [1.29, 1.82) is 0 Å². The summed E-state index contributed by atoms with van der Waals surface area (Å²) in [6.45, 7) is 5.10. The fourth-order valence-corrected chi connectivity index (χ4v) is 6.22. The minimum Gasteiger partial charge on any atom is -0.507 e.